The van der Waals surface area contributed by atoms with Gasteiger partial charge in [0.1, 0.15) is 21.4 Å². The van der Waals surface area contributed by atoms with Gasteiger partial charge in [-0.05, 0) is 120 Å². The molecule has 0 saturated heterocycles. The summed E-state index contributed by atoms with van der Waals surface area (Å²) in [5.41, 5.74) is 2.78. The molecule has 2 amide bonds. The molecular weight excluding hydrogens is 1050 g/mol. The van der Waals surface area contributed by atoms with E-state index in [4.69, 9.17) is 55.9 Å². The van der Waals surface area contributed by atoms with Gasteiger partial charge in [0, 0.05) is 22.1 Å². The van der Waals surface area contributed by atoms with Crippen molar-refractivity contribution in [2.75, 3.05) is 10.6 Å². The number of azo groups is 2. The van der Waals surface area contributed by atoms with Crippen molar-refractivity contribution in [3.05, 3.63) is 211 Å². The molecule has 0 aromatic heterocycles. The van der Waals surface area contributed by atoms with Gasteiger partial charge in [-0.25, -0.2) is 9.59 Å². The minimum atomic E-state index is -0.685. The SMILES string of the molecule is CCc1ccc(N=Nc2c(O)c(C(=O)Nc3ccc(NC(=O)c4cc5ccccc5c(N=Nc5ccc(CC)c(C(=O)Oc6cccc(Cl)c6Cl)c5)c4O)cc3)cc3ccccc23)cc1C(=O)Oc1cccc(Cl)c1Cl. The zero-order valence-electron chi connectivity index (χ0n) is 40.1. The van der Waals surface area contributed by atoms with Crippen molar-refractivity contribution in [1.82, 2.24) is 0 Å². The molecule has 0 spiro atoms. The Morgan fingerprint density at radius 2 is 0.855 bits per heavy atom. The highest BCUT2D eigenvalue weighted by molar-refractivity contribution is 6.43. The maximum atomic E-state index is 13.9. The van der Waals surface area contributed by atoms with E-state index in [1.165, 1.54) is 36.4 Å². The Morgan fingerprint density at radius 1 is 0.461 bits per heavy atom. The topological polar surface area (TPSA) is 201 Å². The molecule has 0 fully saturated rings. The van der Waals surface area contributed by atoms with E-state index >= 15 is 0 Å². The van der Waals surface area contributed by atoms with Crippen LogP contribution in [0, 0.1) is 0 Å². The first-order valence-corrected chi connectivity index (χ1v) is 24.9. The molecule has 9 aromatic rings. The molecule has 4 N–H and O–H groups in total. The van der Waals surface area contributed by atoms with Gasteiger partial charge in [0.05, 0.1) is 43.7 Å². The molecule has 18 heteroatoms. The highest BCUT2D eigenvalue weighted by atomic mass is 35.5. The second-order valence-electron chi connectivity index (χ2n) is 16.8. The van der Waals surface area contributed by atoms with Crippen LogP contribution >= 0.6 is 46.4 Å². The Kier molecular flexibility index (Phi) is 15.7. The molecule has 76 heavy (non-hydrogen) atoms. The average molecular weight is 1090 g/mol. The molecule has 0 atom stereocenters. The number of carbonyl (C=O) groups is 4. The van der Waals surface area contributed by atoms with Crippen LogP contribution in [0.4, 0.5) is 34.1 Å². The highest BCUT2D eigenvalue weighted by Gasteiger charge is 2.23. The number of hydrogen-bond acceptors (Lipinski definition) is 12. The largest absolute Gasteiger partial charge is 0.505 e. The Labute approximate surface area is 454 Å². The number of phenols is 2. The molecule has 0 aliphatic carbocycles. The van der Waals surface area contributed by atoms with Crippen LogP contribution in [0.25, 0.3) is 21.5 Å². The molecule has 0 aliphatic heterocycles. The second-order valence-corrected chi connectivity index (χ2v) is 18.4. The standard InChI is InChI=1S/C58H40Cl4N6O8/c1-3-31-19-21-37(29-41(31)57(73)75-47-17-9-15-45(59)49(47)61)65-67-51-39-13-7-5-11-33(39)27-43(53(51)69)55(71)63-35-23-25-36(26-24-35)64-56(72)44-28-34-12-6-8-14-40(34)52(54(44)70)68-66-38-22-20-32(4-2)42(30-38)58(74)76-48-18-10-16-46(60)50(48)62/h5-30,69-70H,3-4H2,1-2H3,(H,63,71)(H,64,72). The Morgan fingerprint density at radius 3 is 1.25 bits per heavy atom. The van der Waals surface area contributed by atoms with Crippen LogP contribution in [0.2, 0.25) is 20.1 Å². The van der Waals surface area contributed by atoms with E-state index in [9.17, 15) is 29.4 Å². The number of carbonyl (C=O) groups excluding carboxylic acids is 4. The lowest BCUT2D eigenvalue weighted by Gasteiger charge is -2.13. The summed E-state index contributed by atoms with van der Waals surface area (Å²) in [6.07, 6.45) is 1.01. The van der Waals surface area contributed by atoms with E-state index in [2.05, 4.69) is 31.1 Å². The summed E-state index contributed by atoms with van der Waals surface area (Å²) in [4.78, 5) is 54.5. The molecule has 0 bridgehead atoms. The predicted octanol–water partition coefficient (Wildman–Crippen LogP) is 16.9. The Balaban J connectivity index is 0.919. The third kappa shape index (κ3) is 11.2. The average Bonchev–Trinajstić information content (AvgIpc) is 3.43. The summed E-state index contributed by atoms with van der Waals surface area (Å²) in [5, 5.41) is 49.0. The quantitative estimate of drug-likeness (QED) is 0.0468. The van der Waals surface area contributed by atoms with E-state index < -0.39 is 35.3 Å². The molecule has 9 aromatic carbocycles. The number of halogens is 4. The first kappa shape index (κ1) is 52.2. The van der Waals surface area contributed by atoms with Gasteiger partial charge in [-0.1, -0.05) is 133 Å². The maximum Gasteiger partial charge on any atom is 0.343 e. The number of esters is 2. The van der Waals surface area contributed by atoms with Crippen LogP contribution in [0.15, 0.2) is 178 Å². The van der Waals surface area contributed by atoms with E-state index in [0.717, 1.165) is 0 Å². The monoisotopic (exact) mass is 1090 g/mol. The number of hydrogen-bond donors (Lipinski definition) is 4. The van der Waals surface area contributed by atoms with Crippen molar-refractivity contribution in [2.45, 2.75) is 26.7 Å². The molecule has 0 heterocycles. The zero-order valence-corrected chi connectivity index (χ0v) is 43.1. The van der Waals surface area contributed by atoms with Crippen molar-refractivity contribution in [3.63, 3.8) is 0 Å². The third-order valence-corrected chi connectivity index (χ3v) is 13.6. The summed E-state index contributed by atoms with van der Waals surface area (Å²) < 4.78 is 11.2. The smallest absolute Gasteiger partial charge is 0.343 e. The van der Waals surface area contributed by atoms with E-state index in [-0.39, 0.29) is 76.6 Å². The minimum absolute atomic E-state index is 0.00988. The van der Waals surface area contributed by atoms with Gasteiger partial charge < -0.3 is 30.3 Å². The van der Waals surface area contributed by atoms with Crippen LogP contribution < -0.4 is 20.1 Å². The lowest BCUT2D eigenvalue weighted by molar-refractivity contribution is 0.0724. The molecule has 14 nitrogen and oxygen atoms in total. The number of anilines is 2. The maximum absolute atomic E-state index is 13.9. The molecule has 0 radical (unpaired) electrons. The number of aromatic hydroxyl groups is 2. The Bertz CT molecular complexity index is 3620. The molecule has 378 valence electrons. The van der Waals surface area contributed by atoms with Crippen LogP contribution in [-0.2, 0) is 12.8 Å². The van der Waals surface area contributed by atoms with Crippen LogP contribution in [0.5, 0.6) is 23.0 Å². The summed E-state index contributed by atoms with van der Waals surface area (Å²) in [6, 6.07) is 42.5. The number of aryl methyl sites for hydroxylation is 2. The number of fused-ring (bicyclic) bond motifs is 2. The van der Waals surface area contributed by atoms with Crippen LogP contribution in [-0.4, -0.2) is 34.0 Å². The fourth-order valence-corrected chi connectivity index (χ4v) is 8.78. The lowest BCUT2D eigenvalue weighted by atomic mass is 10.0. The number of nitrogens with zero attached hydrogens (tertiary/aromatic N) is 4. The molecule has 0 saturated carbocycles. The zero-order chi connectivity index (χ0) is 53.6. The summed E-state index contributed by atoms with van der Waals surface area (Å²) >= 11 is 24.8. The lowest BCUT2D eigenvalue weighted by Crippen LogP contribution is -2.13. The molecule has 0 unspecified atom stereocenters. The Hall–Kier alpha value is -8.66. The number of ether oxygens (including phenoxy) is 2. The van der Waals surface area contributed by atoms with Gasteiger partial charge in [0.2, 0.25) is 0 Å². The highest BCUT2D eigenvalue weighted by Crippen LogP contribution is 2.42. The van der Waals surface area contributed by atoms with Gasteiger partial charge in [0.25, 0.3) is 11.8 Å². The van der Waals surface area contributed by atoms with E-state index in [1.807, 2.05) is 13.8 Å². The second kappa shape index (κ2) is 22.8. The van der Waals surface area contributed by atoms with Gasteiger partial charge in [-0.15, -0.1) is 10.2 Å². The van der Waals surface area contributed by atoms with Crippen molar-refractivity contribution >= 4 is 126 Å². The summed E-state index contributed by atoms with van der Waals surface area (Å²) in [7, 11) is 0. The fraction of sp³-hybridized carbons (Fsp3) is 0.0690. The normalized spacial score (nSPS) is 11.3. The van der Waals surface area contributed by atoms with Gasteiger partial charge >= 0.3 is 11.9 Å². The van der Waals surface area contributed by atoms with Crippen LogP contribution in [0.3, 0.4) is 0 Å². The molecule has 9 rings (SSSR count). The molecule has 0 aliphatic rings. The van der Waals surface area contributed by atoms with Gasteiger partial charge in [0.15, 0.2) is 23.0 Å². The summed E-state index contributed by atoms with van der Waals surface area (Å²) in [5.74, 6) is -3.42. The third-order valence-electron chi connectivity index (χ3n) is 12.0. The van der Waals surface area contributed by atoms with Crippen molar-refractivity contribution in [1.29, 1.82) is 0 Å². The first-order chi connectivity index (χ1) is 36.7. The number of amides is 2. The van der Waals surface area contributed by atoms with Crippen molar-refractivity contribution in [3.8, 4) is 23.0 Å². The fourth-order valence-electron chi connectivity index (χ4n) is 8.12. The number of phenolic OH excluding ortho intramolecular Hbond substituents is 2. The van der Waals surface area contributed by atoms with E-state index in [1.54, 1.807) is 121 Å². The first-order valence-electron chi connectivity index (χ1n) is 23.3. The summed E-state index contributed by atoms with van der Waals surface area (Å²) in [6.45, 7) is 3.77. The van der Waals surface area contributed by atoms with E-state index in [0.29, 0.717) is 56.9 Å². The molecular formula is C58H40Cl4N6O8. The minimum Gasteiger partial charge on any atom is -0.505 e. The van der Waals surface area contributed by atoms with Crippen molar-refractivity contribution < 1.29 is 38.9 Å². The van der Waals surface area contributed by atoms with Crippen molar-refractivity contribution in [2.24, 2.45) is 20.5 Å². The number of benzene rings is 9. The number of nitrogens with one attached hydrogen (secondary N) is 2. The number of rotatable bonds is 14. The van der Waals surface area contributed by atoms with Gasteiger partial charge in [-0.3, -0.25) is 9.59 Å². The van der Waals surface area contributed by atoms with Gasteiger partial charge in [-0.2, -0.15) is 10.2 Å². The predicted molar refractivity (Wildman–Crippen MR) is 296 cm³/mol. The van der Waals surface area contributed by atoms with Crippen LogP contribution in [0.1, 0.15) is 66.4 Å².